The fourth-order valence-electron chi connectivity index (χ4n) is 2.32. The maximum Gasteiger partial charge on any atom is 0.103 e. The standard InChI is InChI=1S/C15H28NO.HI/c1-5-14(2)7-6-8-15(3)13-16(4)9-11-17-12-10-16;/h5,8,14H,1,6-7,9-13H2,2-4H3;1H/q+1;/p-1/b15-8+;. The van der Waals surface area contributed by atoms with E-state index in [2.05, 4.69) is 33.6 Å². The van der Waals surface area contributed by atoms with Crippen LogP contribution in [0, 0.1) is 5.92 Å². The van der Waals surface area contributed by atoms with Crippen molar-refractivity contribution in [3.8, 4) is 0 Å². The highest BCUT2D eigenvalue weighted by atomic mass is 127. The summed E-state index contributed by atoms with van der Waals surface area (Å²) in [7, 11) is 2.34. The van der Waals surface area contributed by atoms with Gasteiger partial charge in [0.25, 0.3) is 0 Å². The van der Waals surface area contributed by atoms with Crippen LogP contribution in [0.25, 0.3) is 0 Å². The Morgan fingerprint density at radius 2 is 2.00 bits per heavy atom. The average molecular weight is 365 g/mol. The molecule has 106 valence electrons. The molecule has 3 heteroatoms. The molecule has 1 rings (SSSR count). The lowest BCUT2D eigenvalue weighted by atomic mass is 10.0. The molecular formula is C15H28INO. The summed E-state index contributed by atoms with van der Waals surface area (Å²) in [5.41, 5.74) is 1.52. The Morgan fingerprint density at radius 3 is 2.56 bits per heavy atom. The number of nitrogens with zero attached hydrogens (tertiary/aromatic N) is 1. The summed E-state index contributed by atoms with van der Waals surface area (Å²) in [6.45, 7) is 13.6. The largest absolute Gasteiger partial charge is 1.00 e. The van der Waals surface area contributed by atoms with Crippen LogP contribution in [-0.2, 0) is 4.74 Å². The van der Waals surface area contributed by atoms with Gasteiger partial charge in [-0.2, -0.15) is 0 Å². The van der Waals surface area contributed by atoms with Crippen LogP contribution < -0.4 is 24.0 Å². The van der Waals surface area contributed by atoms with Crippen LogP contribution in [0.2, 0.25) is 0 Å². The van der Waals surface area contributed by atoms with Crippen molar-refractivity contribution >= 4 is 0 Å². The van der Waals surface area contributed by atoms with Crippen molar-refractivity contribution in [3.63, 3.8) is 0 Å². The van der Waals surface area contributed by atoms with E-state index in [1.807, 2.05) is 6.08 Å². The zero-order valence-corrected chi connectivity index (χ0v) is 14.3. The zero-order valence-electron chi connectivity index (χ0n) is 12.1. The van der Waals surface area contributed by atoms with Gasteiger partial charge in [0, 0.05) is 0 Å². The molecule has 0 bridgehead atoms. The lowest BCUT2D eigenvalue weighted by molar-refractivity contribution is -0.912. The highest BCUT2D eigenvalue weighted by molar-refractivity contribution is 4.98. The van der Waals surface area contributed by atoms with Gasteiger partial charge in [0.15, 0.2) is 0 Å². The Balaban J connectivity index is 0.00000289. The lowest BCUT2D eigenvalue weighted by Gasteiger charge is -2.37. The van der Waals surface area contributed by atoms with E-state index < -0.39 is 0 Å². The third-order valence-electron chi connectivity index (χ3n) is 3.70. The Hall–Kier alpha value is 0.130. The van der Waals surface area contributed by atoms with Crippen molar-refractivity contribution in [1.29, 1.82) is 0 Å². The SMILES string of the molecule is C=CC(C)CC/C=C(\C)C[N+]1(C)CCOCC1.[I-]. The smallest absolute Gasteiger partial charge is 0.103 e. The van der Waals surface area contributed by atoms with Crippen molar-refractivity contribution in [3.05, 3.63) is 24.3 Å². The molecule has 2 nitrogen and oxygen atoms in total. The summed E-state index contributed by atoms with van der Waals surface area (Å²) in [6.07, 6.45) is 6.83. The molecule has 18 heavy (non-hydrogen) atoms. The fraction of sp³-hybridized carbons (Fsp3) is 0.733. The first-order valence-electron chi connectivity index (χ1n) is 6.75. The molecule has 1 aliphatic rings. The minimum absolute atomic E-state index is 0. The van der Waals surface area contributed by atoms with Gasteiger partial charge in [-0.1, -0.05) is 19.1 Å². The molecule has 1 fully saturated rings. The van der Waals surface area contributed by atoms with Gasteiger partial charge in [0.2, 0.25) is 0 Å². The molecule has 1 heterocycles. The first kappa shape index (κ1) is 18.1. The molecule has 0 radical (unpaired) electrons. The predicted molar refractivity (Wildman–Crippen MR) is 74.0 cm³/mol. The first-order chi connectivity index (χ1) is 8.06. The second-order valence-corrected chi connectivity index (χ2v) is 5.68. The van der Waals surface area contributed by atoms with Gasteiger partial charge in [-0.05, 0) is 31.3 Å². The number of hydrogen-bond donors (Lipinski definition) is 0. The number of likely N-dealkylation sites (N-methyl/N-ethyl adjacent to an activating group) is 1. The first-order valence-corrected chi connectivity index (χ1v) is 6.75. The maximum atomic E-state index is 5.43. The highest BCUT2D eigenvalue weighted by Crippen LogP contribution is 2.13. The third kappa shape index (κ3) is 6.90. The van der Waals surface area contributed by atoms with Gasteiger partial charge >= 0.3 is 0 Å². The Bertz CT molecular complexity index is 270. The number of quaternary nitrogens is 1. The van der Waals surface area contributed by atoms with Gasteiger partial charge in [0.05, 0.1) is 26.8 Å². The number of rotatable bonds is 6. The van der Waals surface area contributed by atoms with Crippen molar-refractivity contribution in [2.24, 2.45) is 5.92 Å². The summed E-state index contributed by atoms with van der Waals surface area (Å²) in [5.74, 6) is 0.632. The minimum Gasteiger partial charge on any atom is -1.00 e. The van der Waals surface area contributed by atoms with Gasteiger partial charge in [-0.15, -0.1) is 6.58 Å². The van der Waals surface area contributed by atoms with Crippen LogP contribution in [0.3, 0.4) is 0 Å². The molecule has 0 saturated carbocycles. The van der Waals surface area contributed by atoms with Gasteiger partial charge in [0.1, 0.15) is 13.1 Å². The van der Waals surface area contributed by atoms with Crippen LogP contribution in [0.5, 0.6) is 0 Å². The van der Waals surface area contributed by atoms with Crippen LogP contribution in [0.1, 0.15) is 26.7 Å². The Morgan fingerprint density at radius 1 is 1.39 bits per heavy atom. The van der Waals surface area contributed by atoms with E-state index in [4.69, 9.17) is 4.74 Å². The number of allylic oxidation sites excluding steroid dienone is 2. The highest BCUT2D eigenvalue weighted by Gasteiger charge is 2.24. The van der Waals surface area contributed by atoms with Crippen molar-refractivity contribution in [1.82, 2.24) is 0 Å². The van der Waals surface area contributed by atoms with Crippen molar-refractivity contribution in [2.75, 3.05) is 39.9 Å². The van der Waals surface area contributed by atoms with E-state index in [9.17, 15) is 0 Å². The van der Waals surface area contributed by atoms with Crippen molar-refractivity contribution in [2.45, 2.75) is 26.7 Å². The molecule has 0 spiro atoms. The van der Waals surface area contributed by atoms with E-state index in [1.54, 1.807) is 0 Å². The molecule has 0 aromatic rings. The van der Waals surface area contributed by atoms with E-state index >= 15 is 0 Å². The number of hydrogen-bond acceptors (Lipinski definition) is 1. The minimum atomic E-state index is 0. The van der Waals surface area contributed by atoms with E-state index in [0.717, 1.165) is 30.8 Å². The molecule has 1 unspecified atom stereocenters. The molecule has 0 aromatic carbocycles. The quantitative estimate of drug-likeness (QED) is 0.366. The molecular weight excluding hydrogens is 337 g/mol. The average Bonchev–Trinajstić information content (AvgIpc) is 2.29. The van der Waals surface area contributed by atoms with Crippen LogP contribution >= 0.6 is 0 Å². The second-order valence-electron chi connectivity index (χ2n) is 5.68. The predicted octanol–water partition coefficient (Wildman–Crippen LogP) is 0.0158. The van der Waals surface area contributed by atoms with Gasteiger partial charge in [-0.25, -0.2) is 0 Å². The van der Waals surface area contributed by atoms with E-state index in [-0.39, 0.29) is 24.0 Å². The molecule has 1 atom stereocenters. The molecule has 1 saturated heterocycles. The molecule has 0 amide bonds. The second kappa shape index (κ2) is 9.10. The lowest BCUT2D eigenvalue weighted by Crippen LogP contribution is -3.00. The summed E-state index contributed by atoms with van der Waals surface area (Å²) in [4.78, 5) is 0. The van der Waals surface area contributed by atoms with Gasteiger partial charge < -0.3 is 33.2 Å². The number of morpholine rings is 1. The van der Waals surface area contributed by atoms with Gasteiger partial charge in [-0.3, -0.25) is 0 Å². The number of halogens is 1. The number of ether oxygens (including phenoxy) is 1. The summed E-state index contributed by atoms with van der Waals surface area (Å²) in [6, 6.07) is 0. The zero-order chi connectivity index (χ0) is 12.7. The molecule has 0 N–H and O–H groups in total. The van der Waals surface area contributed by atoms with Crippen LogP contribution in [-0.4, -0.2) is 44.4 Å². The maximum absolute atomic E-state index is 5.43. The Labute approximate surface area is 130 Å². The van der Waals surface area contributed by atoms with Crippen molar-refractivity contribution < 1.29 is 33.2 Å². The van der Waals surface area contributed by atoms with E-state index in [1.165, 1.54) is 25.0 Å². The molecule has 0 aliphatic carbocycles. The summed E-state index contributed by atoms with van der Waals surface area (Å²) >= 11 is 0. The fourth-order valence-corrected chi connectivity index (χ4v) is 2.32. The monoisotopic (exact) mass is 365 g/mol. The molecule has 1 aliphatic heterocycles. The topological polar surface area (TPSA) is 9.23 Å². The summed E-state index contributed by atoms with van der Waals surface area (Å²) < 4.78 is 6.57. The van der Waals surface area contributed by atoms with Crippen LogP contribution in [0.15, 0.2) is 24.3 Å². The normalized spacial score (nSPS) is 20.9. The molecule has 0 aromatic heterocycles. The third-order valence-corrected chi connectivity index (χ3v) is 3.70. The van der Waals surface area contributed by atoms with Crippen LogP contribution in [0.4, 0.5) is 0 Å². The van der Waals surface area contributed by atoms with E-state index in [0.29, 0.717) is 5.92 Å². The Kier molecular flexibility index (Phi) is 9.17. The summed E-state index contributed by atoms with van der Waals surface area (Å²) in [5, 5.41) is 0.